The molecular formula is C13H23NO2. The van der Waals surface area contributed by atoms with Crippen LogP contribution in [0.5, 0.6) is 0 Å². The fourth-order valence-electron chi connectivity index (χ4n) is 3.65. The van der Waals surface area contributed by atoms with Crippen LogP contribution in [0.1, 0.15) is 46.0 Å². The molecule has 3 nitrogen and oxygen atoms in total. The monoisotopic (exact) mass is 225 g/mol. The summed E-state index contributed by atoms with van der Waals surface area (Å²) in [5.41, 5.74) is 0. The quantitative estimate of drug-likeness (QED) is 0.801. The third-order valence-electron chi connectivity index (χ3n) is 4.28. The second-order valence-electron chi connectivity index (χ2n) is 5.67. The van der Waals surface area contributed by atoms with Gasteiger partial charge in [0.25, 0.3) is 0 Å². The van der Waals surface area contributed by atoms with E-state index in [1.165, 1.54) is 32.1 Å². The zero-order valence-corrected chi connectivity index (χ0v) is 10.4. The predicted molar refractivity (Wildman–Crippen MR) is 63.3 cm³/mol. The maximum Gasteiger partial charge on any atom is 0.321 e. The van der Waals surface area contributed by atoms with Crippen molar-refractivity contribution in [3.63, 3.8) is 0 Å². The number of carboxylic acid groups (broad SMARTS) is 1. The number of hydrogen-bond donors (Lipinski definition) is 1. The van der Waals surface area contributed by atoms with Crippen molar-refractivity contribution in [1.29, 1.82) is 0 Å². The summed E-state index contributed by atoms with van der Waals surface area (Å²) in [7, 11) is 0. The lowest BCUT2D eigenvalue weighted by molar-refractivity contribution is -0.147. The summed E-state index contributed by atoms with van der Waals surface area (Å²) in [6.07, 6.45) is 6.30. The lowest BCUT2D eigenvalue weighted by atomic mass is 9.88. The van der Waals surface area contributed by atoms with E-state index in [0.717, 1.165) is 12.5 Å². The van der Waals surface area contributed by atoms with Crippen molar-refractivity contribution < 1.29 is 9.90 Å². The Hall–Kier alpha value is -0.570. The third-order valence-corrected chi connectivity index (χ3v) is 4.28. The predicted octanol–water partition coefficient (Wildman–Crippen LogP) is 2.36. The summed E-state index contributed by atoms with van der Waals surface area (Å²) >= 11 is 0. The highest BCUT2D eigenvalue weighted by atomic mass is 16.4. The van der Waals surface area contributed by atoms with Gasteiger partial charge in [0, 0.05) is 6.04 Å². The van der Waals surface area contributed by atoms with Crippen LogP contribution < -0.4 is 0 Å². The van der Waals surface area contributed by atoms with E-state index in [0.29, 0.717) is 6.04 Å². The average Bonchev–Trinajstić information content (AvgIpc) is 2.65. The molecule has 1 aliphatic heterocycles. The second kappa shape index (κ2) is 4.74. The molecule has 0 radical (unpaired) electrons. The van der Waals surface area contributed by atoms with Crippen molar-refractivity contribution in [2.24, 2.45) is 11.8 Å². The van der Waals surface area contributed by atoms with Crippen LogP contribution in [0.2, 0.25) is 0 Å². The standard InChI is InChI=1S/C13H23NO2/c1-9(2)12(13(15)16)14-8-4-6-10-5-3-7-11(10)14/h9-12H,3-8H2,1-2H3,(H,15,16). The van der Waals surface area contributed by atoms with E-state index in [-0.39, 0.29) is 12.0 Å². The third kappa shape index (κ3) is 2.10. The number of likely N-dealkylation sites (tertiary alicyclic amines) is 1. The van der Waals surface area contributed by atoms with E-state index in [9.17, 15) is 9.90 Å². The van der Waals surface area contributed by atoms with Crippen molar-refractivity contribution in [2.75, 3.05) is 6.54 Å². The van der Waals surface area contributed by atoms with Gasteiger partial charge in [-0.1, -0.05) is 20.3 Å². The first-order chi connectivity index (χ1) is 7.61. The fourth-order valence-corrected chi connectivity index (χ4v) is 3.65. The first-order valence-corrected chi connectivity index (χ1v) is 6.60. The van der Waals surface area contributed by atoms with Gasteiger partial charge in [0.05, 0.1) is 0 Å². The molecular weight excluding hydrogens is 202 g/mol. The van der Waals surface area contributed by atoms with Gasteiger partial charge < -0.3 is 5.11 Å². The molecule has 0 amide bonds. The Kier molecular flexibility index (Phi) is 3.53. The first kappa shape index (κ1) is 11.9. The molecule has 16 heavy (non-hydrogen) atoms. The molecule has 2 fully saturated rings. The lowest BCUT2D eigenvalue weighted by Gasteiger charge is -2.42. The van der Waals surface area contributed by atoms with Gasteiger partial charge in [0.1, 0.15) is 6.04 Å². The molecule has 0 spiro atoms. The summed E-state index contributed by atoms with van der Waals surface area (Å²) in [6, 6.07) is 0.281. The summed E-state index contributed by atoms with van der Waals surface area (Å²) in [5.74, 6) is 0.341. The number of aliphatic carboxylic acids is 1. The number of nitrogens with zero attached hydrogens (tertiary/aromatic N) is 1. The molecule has 0 aromatic rings. The van der Waals surface area contributed by atoms with Crippen LogP contribution >= 0.6 is 0 Å². The second-order valence-corrected chi connectivity index (χ2v) is 5.67. The van der Waals surface area contributed by atoms with E-state index < -0.39 is 5.97 Å². The molecule has 0 aromatic heterocycles. The number of fused-ring (bicyclic) bond motifs is 1. The van der Waals surface area contributed by atoms with E-state index in [1.54, 1.807) is 0 Å². The van der Waals surface area contributed by atoms with Crippen LogP contribution in [-0.4, -0.2) is 34.6 Å². The van der Waals surface area contributed by atoms with Crippen molar-refractivity contribution in [3.8, 4) is 0 Å². The number of hydrogen-bond acceptors (Lipinski definition) is 2. The highest BCUT2D eigenvalue weighted by Gasteiger charge is 2.41. The van der Waals surface area contributed by atoms with Gasteiger partial charge in [-0.15, -0.1) is 0 Å². The molecule has 1 aliphatic carbocycles. The molecule has 3 atom stereocenters. The van der Waals surface area contributed by atoms with Gasteiger partial charge in [-0.2, -0.15) is 0 Å². The van der Waals surface area contributed by atoms with E-state index in [4.69, 9.17) is 0 Å². The van der Waals surface area contributed by atoms with E-state index >= 15 is 0 Å². The average molecular weight is 225 g/mol. The SMILES string of the molecule is CC(C)C(C(=O)O)N1CCCC2CCCC21. The minimum Gasteiger partial charge on any atom is -0.480 e. The molecule has 1 N–H and O–H groups in total. The first-order valence-electron chi connectivity index (χ1n) is 6.60. The maximum absolute atomic E-state index is 11.4. The summed E-state index contributed by atoms with van der Waals surface area (Å²) in [5, 5.41) is 9.37. The zero-order chi connectivity index (χ0) is 11.7. The van der Waals surface area contributed by atoms with Crippen molar-refractivity contribution in [3.05, 3.63) is 0 Å². The van der Waals surface area contributed by atoms with Crippen LogP contribution in [0.15, 0.2) is 0 Å². The van der Waals surface area contributed by atoms with Gasteiger partial charge in [-0.05, 0) is 44.1 Å². The Morgan fingerprint density at radius 3 is 2.56 bits per heavy atom. The van der Waals surface area contributed by atoms with Crippen molar-refractivity contribution in [2.45, 2.75) is 58.0 Å². The molecule has 1 heterocycles. The zero-order valence-electron chi connectivity index (χ0n) is 10.4. The molecule has 92 valence electrons. The van der Waals surface area contributed by atoms with Gasteiger partial charge in [-0.3, -0.25) is 9.69 Å². The van der Waals surface area contributed by atoms with E-state index in [2.05, 4.69) is 4.90 Å². The fraction of sp³-hybridized carbons (Fsp3) is 0.923. The van der Waals surface area contributed by atoms with Crippen LogP contribution in [0.25, 0.3) is 0 Å². The highest BCUT2D eigenvalue weighted by molar-refractivity contribution is 5.73. The Labute approximate surface area is 97.8 Å². The molecule has 1 saturated carbocycles. The number of piperidine rings is 1. The molecule has 3 heteroatoms. The Bertz CT molecular complexity index is 265. The Morgan fingerprint density at radius 2 is 1.94 bits per heavy atom. The smallest absolute Gasteiger partial charge is 0.321 e. The van der Waals surface area contributed by atoms with Crippen LogP contribution in [-0.2, 0) is 4.79 Å². The Balaban J connectivity index is 2.13. The highest BCUT2D eigenvalue weighted by Crippen LogP contribution is 2.38. The summed E-state index contributed by atoms with van der Waals surface area (Å²) < 4.78 is 0. The maximum atomic E-state index is 11.4. The van der Waals surface area contributed by atoms with Gasteiger partial charge in [0.2, 0.25) is 0 Å². The number of carboxylic acids is 1. The topological polar surface area (TPSA) is 40.5 Å². The largest absolute Gasteiger partial charge is 0.480 e. The van der Waals surface area contributed by atoms with Crippen LogP contribution in [0.4, 0.5) is 0 Å². The molecule has 3 unspecified atom stereocenters. The summed E-state index contributed by atoms with van der Waals surface area (Å²) in [6.45, 7) is 5.03. The van der Waals surface area contributed by atoms with Gasteiger partial charge in [0.15, 0.2) is 0 Å². The van der Waals surface area contributed by atoms with Crippen LogP contribution in [0, 0.1) is 11.8 Å². The molecule has 0 aromatic carbocycles. The van der Waals surface area contributed by atoms with Crippen LogP contribution in [0.3, 0.4) is 0 Å². The number of carbonyl (C=O) groups is 1. The minimum absolute atomic E-state index is 0.205. The normalized spacial score (nSPS) is 32.7. The van der Waals surface area contributed by atoms with Gasteiger partial charge >= 0.3 is 5.97 Å². The molecule has 1 saturated heterocycles. The number of rotatable bonds is 3. The Morgan fingerprint density at radius 1 is 1.25 bits per heavy atom. The molecule has 0 bridgehead atoms. The summed E-state index contributed by atoms with van der Waals surface area (Å²) in [4.78, 5) is 13.7. The van der Waals surface area contributed by atoms with Gasteiger partial charge in [-0.25, -0.2) is 0 Å². The molecule has 2 rings (SSSR count). The minimum atomic E-state index is -0.637. The molecule has 2 aliphatic rings. The lowest BCUT2D eigenvalue weighted by Crippen LogP contribution is -2.53. The van der Waals surface area contributed by atoms with Crippen molar-refractivity contribution >= 4 is 5.97 Å². The van der Waals surface area contributed by atoms with Crippen molar-refractivity contribution in [1.82, 2.24) is 4.90 Å². The van der Waals surface area contributed by atoms with E-state index in [1.807, 2.05) is 13.8 Å².